The van der Waals surface area contributed by atoms with Crippen LogP contribution in [0.25, 0.3) is 11.3 Å². The number of nitrogens with zero attached hydrogens (tertiary/aromatic N) is 2. The van der Waals surface area contributed by atoms with Gasteiger partial charge in [-0.3, -0.25) is 0 Å². The molecule has 2 heterocycles. The summed E-state index contributed by atoms with van der Waals surface area (Å²) in [7, 11) is 0. The fourth-order valence-electron chi connectivity index (χ4n) is 2.38. The molecule has 4 heteroatoms. The van der Waals surface area contributed by atoms with Crippen LogP contribution in [0.3, 0.4) is 0 Å². The van der Waals surface area contributed by atoms with Crippen LogP contribution in [0, 0.1) is 0 Å². The Morgan fingerprint density at radius 3 is 2.78 bits per heavy atom. The van der Waals surface area contributed by atoms with Crippen molar-refractivity contribution in [1.82, 2.24) is 9.55 Å². The highest BCUT2D eigenvalue weighted by Gasteiger charge is 2.16. The summed E-state index contributed by atoms with van der Waals surface area (Å²) in [5.74, 6) is 2.14. The SMILES string of the molecule is CCOc1ccc(-c2cnc3n2CCC3)cc1.[Cl-]. The van der Waals surface area contributed by atoms with Crippen molar-refractivity contribution in [3.63, 3.8) is 0 Å². The monoisotopic (exact) mass is 263 g/mol. The largest absolute Gasteiger partial charge is 1.00 e. The first-order valence-electron chi connectivity index (χ1n) is 6.16. The summed E-state index contributed by atoms with van der Waals surface area (Å²) in [4.78, 5) is 4.46. The predicted octanol–water partition coefficient (Wildman–Crippen LogP) is -0.101. The van der Waals surface area contributed by atoms with Crippen LogP contribution in [0.1, 0.15) is 19.2 Å². The van der Waals surface area contributed by atoms with E-state index in [1.165, 1.54) is 23.5 Å². The van der Waals surface area contributed by atoms with Crippen molar-refractivity contribution in [2.24, 2.45) is 0 Å². The third-order valence-corrected chi connectivity index (χ3v) is 3.18. The smallest absolute Gasteiger partial charge is 0.119 e. The summed E-state index contributed by atoms with van der Waals surface area (Å²) in [6, 6.07) is 8.25. The summed E-state index contributed by atoms with van der Waals surface area (Å²) < 4.78 is 7.76. The van der Waals surface area contributed by atoms with Crippen LogP contribution in [0.15, 0.2) is 30.5 Å². The number of hydrogen-bond donors (Lipinski definition) is 0. The Balaban J connectivity index is 0.00000120. The number of fused-ring (bicyclic) bond motifs is 1. The molecule has 1 aromatic carbocycles. The standard InChI is InChI=1S/C14H16N2O.ClH/c1-2-17-12-7-5-11(6-8-12)13-10-15-14-4-3-9-16(13)14;/h5-8,10H,2-4,9H2,1H3;1H/p-1. The maximum atomic E-state index is 5.45. The van der Waals surface area contributed by atoms with Crippen LogP contribution < -0.4 is 17.1 Å². The van der Waals surface area contributed by atoms with Crippen LogP contribution in [0.4, 0.5) is 0 Å². The zero-order valence-corrected chi connectivity index (χ0v) is 11.2. The molecular formula is C14H16ClN2O-. The maximum absolute atomic E-state index is 5.45. The van der Waals surface area contributed by atoms with E-state index in [1.54, 1.807) is 0 Å². The Kier molecular flexibility index (Phi) is 3.92. The molecule has 2 aromatic rings. The predicted molar refractivity (Wildman–Crippen MR) is 67.2 cm³/mol. The minimum Gasteiger partial charge on any atom is -1.00 e. The molecule has 0 bridgehead atoms. The lowest BCUT2D eigenvalue weighted by Gasteiger charge is -2.06. The lowest BCUT2D eigenvalue weighted by Crippen LogP contribution is -3.00. The van der Waals surface area contributed by atoms with E-state index in [-0.39, 0.29) is 12.4 Å². The molecule has 0 N–H and O–H groups in total. The molecule has 0 aliphatic carbocycles. The molecule has 1 aliphatic heterocycles. The average molecular weight is 264 g/mol. The number of halogens is 1. The molecule has 0 spiro atoms. The minimum atomic E-state index is 0. The van der Waals surface area contributed by atoms with Crippen molar-refractivity contribution < 1.29 is 17.1 Å². The van der Waals surface area contributed by atoms with Crippen molar-refractivity contribution in [1.29, 1.82) is 0 Å². The highest BCUT2D eigenvalue weighted by atomic mass is 35.5. The molecule has 1 aromatic heterocycles. The summed E-state index contributed by atoms with van der Waals surface area (Å²) in [5, 5.41) is 0. The van der Waals surface area contributed by atoms with Gasteiger partial charge >= 0.3 is 0 Å². The van der Waals surface area contributed by atoms with Crippen LogP contribution in [-0.2, 0) is 13.0 Å². The van der Waals surface area contributed by atoms with E-state index in [1.807, 2.05) is 25.3 Å². The Morgan fingerprint density at radius 1 is 1.28 bits per heavy atom. The molecule has 1 aliphatic rings. The van der Waals surface area contributed by atoms with E-state index in [0.717, 1.165) is 18.7 Å². The first-order chi connectivity index (χ1) is 8.38. The molecular weight excluding hydrogens is 248 g/mol. The minimum absolute atomic E-state index is 0. The first-order valence-corrected chi connectivity index (χ1v) is 6.16. The normalized spacial score (nSPS) is 12.9. The summed E-state index contributed by atoms with van der Waals surface area (Å²) >= 11 is 0. The number of rotatable bonds is 3. The number of imidazole rings is 1. The lowest BCUT2D eigenvalue weighted by molar-refractivity contribution is -0.00000411. The van der Waals surface area contributed by atoms with Gasteiger partial charge in [0.2, 0.25) is 0 Å². The summed E-state index contributed by atoms with van der Waals surface area (Å²) in [5.41, 5.74) is 2.44. The Labute approximate surface area is 113 Å². The van der Waals surface area contributed by atoms with Gasteiger partial charge in [0.05, 0.1) is 18.5 Å². The van der Waals surface area contributed by atoms with Gasteiger partial charge in [-0.25, -0.2) is 4.98 Å². The molecule has 0 fully saturated rings. The quantitative estimate of drug-likeness (QED) is 0.773. The second-order valence-electron chi connectivity index (χ2n) is 4.27. The molecule has 0 saturated carbocycles. The van der Waals surface area contributed by atoms with E-state index in [4.69, 9.17) is 4.74 Å². The zero-order chi connectivity index (χ0) is 11.7. The number of aryl methyl sites for hydroxylation is 1. The number of aromatic nitrogens is 2. The fourth-order valence-corrected chi connectivity index (χ4v) is 2.38. The van der Waals surface area contributed by atoms with E-state index in [9.17, 15) is 0 Å². The van der Waals surface area contributed by atoms with Crippen LogP contribution in [-0.4, -0.2) is 16.2 Å². The highest BCUT2D eigenvalue weighted by Crippen LogP contribution is 2.26. The topological polar surface area (TPSA) is 27.1 Å². The van der Waals surface area contributed by atoms with Crippen LogP contribution in [0.5, 0.6) is 5.75 Å². The highest BCUT2D eigenvalue weighted by molar-refractivity contribution is 5.60. The molecule has 0 saturated heterocycles. The molecule has 3 rings (SSSR count). The van der Waals surface area contributed by atoms with Crippen molar-refractivity contribution in [3.05, 3.63) is 36.3 Å². The third-order valence-electron chi connectivity index (χ3n) is 3.18. The van der Waals surface area contributed by atoms with Crippen LogP contribution >= 0.6 is 0 Å². The van der Waals surface area contributed by atoms with Crippen molar-refractivity contribution in [3.8, 4) is 17.0 Å². The van der Waals surface area contributed by atoms with Crippen LogP contribution in [0.2, 0.25) is 0 Å². The molecule has 0 unspecified atom stereocenters. The van der Waals surface area contributed by atoms with E-state index < -0.39 is 0 Å². The Bertz CT molecular complexity index is 519. The van der Waals surface area contributed by atoms with Gasteiger partial charge in [0.25, 0.3) is 0 Å². The number of hydrogen-bond acceptors (Lipinski definition) is 2. The summed E-state index contributed by atoms with van der Waals surface area (Å²) in [6.45, 7) is 3.80. The molecule has 18 heavy (non-hydrogen) atoms. The summed E-state index contributed by atoms with van der Waals surface area (Å²) in [6.07, 6.45) is 4.30. The first kappa shape index (κ1) is 13.0. The van der Waals surface area contributed by atoms with Gasteiger partial charge in [-0.15, -0.1) is 0 Å². The molecule has 0 radical (unpaired) electrons. The number of benzene rings is 1. The van der Waals surface area contributed by atoms with Gasteiger partial charge in [0, 0.05) is 18.5 Å². The van der Waals surface area contributed by atoms with E-state index in [0.29, 0.717) is 6.61 Å². The third kappa shape index (κ3) is 2.23. The Morgan fingerprint density at radius 2 is 2.06 bits per heavy atom. The number of ether oxygens (including phenoxy) is 1. The van der Waals surface area contributed by atoms with E-state index >= 15 is 0 Å². The molecule has 0 amide bonds. The average Bonchev–Trinajstić information content (AvgIpc) is 2.93. The lowest BCUT2D eigenvalue weighted by atomic mass is 10.1. The fraction of sp³-hybridized carbons (Fsp3) is 0.357. The van der Waals surface area contributed by atoms with Crippen molar-refractivity contribution in [2.45, 2.75) is 26.3 Å². The van der Waals surface area contributed by atoms with Gasteiger partial charge < -0.3 is 21.7 Å². The van der Waals surface area contributed by atoms with Crippen molar-refractivity contribution in [2.75, 3.05) is 6.61 Å². The molecule has 3 nitrogen and oxygen atoms in total. The zero-order valence-electron chi connectivity index (χ0n) is 10.4. The van der Waals surface area contributed by atoms with Gasteiger partial charge in [-0.1, -0.05) is 0 Å². The van der Waals surface area contributed by atoms with Gasteiger partial charge in [0.1, 0.15) is 11.6 Å². The van der Waals surface area contributed by atoms with Gasteiger partial charge in [-0.05, 0) is 37.6 Å². The molecule has 0 atom stereocenters. The maximum Gasteiger partial charge on any atom is 0.119 e. The Hall–Kier alpha value is -1.48. The second-order valence-corrected chi connectivity index (χ2v) is 4.27. The van der Waals surface area contributed by atoms with Gasteiger partial charge in [0.15, 0.2) is 0 Å². The van der Waals surface area contributed by atoms with Gasteiger partial charge in [-0.2, -0.15) is 0 Å². The molecule has 96 valence electrons. The van der Waals surface area contributed by atoms with E-state index in [2.05, 4.69) is 21.7 Å². The van der Waals surface area contributed by atoms with Crippen molar-refractivity contribution >= 4 is 0 Å². The second kappa shape index (κ2) is 5.44.